The fraction of sp³-hybridized carbons (Fsp3) is 0.636. The van der Waals surface area contributed by atoms with Gasteiger partial charge in [0.15, 0.2) is 0 Å². The molecular formula is C11H17N5O4. The van der Waals surface area contributed by atoms with Crippen molar-refractivity contribution in [2.45, 2.75) is 6.04 Å². The summed E-state index contributed by atoms with van der Waals surface area (Å²) in [5.74, 6) is -1.34. The first kappa shape index (κ1) is 14.3. The molecule has 0 aromatic carbocycles. The molecule has 2 aliphatic heterocycles. The highest BCUT2D eigenvalue weighted by molar-refractivity contribution is 6.06. The van der Waals surface area contributed by atoms with Gasteiger partial charge in [-0.25, -0.2) is 4.79 Å². The number of amides is 5. The summed E-state index contributed by atoms with van der Waals surface area (Å²) in [6, 6.07) is -1.23. The third kappa shape index (κ3) is 2.44. The molecule has 0 aliphatic carbocycles. The van der Waals surface area contributed by atoms with Crippen molar-refractivity contribution in [2.75, 3.05) is 39.8 Å². The summed E-state index contributed by atoms with van der Waals surface area (Å²) in [5, 5.41) is 2.75. The summed E-state index contributed by atoms with van der Waals surface area (Å²) in [7, 11) is 1.66. The minimum Gasteiger partial charge on any atom is -0.368 e. The predicted octanol–water partition coefficient (Wildman–Crippen LogP) is -2.83. The monoisotopic (exact) mass is 283 g/mol. The van der Waals surface area contributed by atoms with Crippen LogP contribution in [-0.4, -0.2) is 84.3 Å². The van der Waals surface area contributed by atoms with E-state index in [4.69, 9.17) is 5.73 Å². The van der Waals surface area contributed by atoms with Gasteiger partial charge in [0.2, 0.25) is 11.8 Å². The van der Waals surface area contributed by atoms with Gasteiger partial charge in [-0.1, -0.05) is 0 Å². The number of carbonyl (C=O) groups excluding carboxylic acids is 4. The lowest BCUT2D eigenvalue weighted by molar-refractivity contribution is -0.136. The molecule has 2 rings (SSSR count). The maximum atomic E-state index is 12.1. The zero-order valence-corrected chi connectivity index (χ0v) is 11.2. The van der Waals surface area contributed by atoms with E-state index in [-0.39, 0.29) is 25.5 Å². The van der Waals surface area contributed by atoms with Crippen LogP contribution >= 0.6 is 0 Å². The Morgan fingerprint density at radius 3 is 2.65 bits per heavy atom. The van der Waals surface area contributed by atoms with E-state index >= 15 is 0 Å². The number of piperazine rings is 1. The number of fused-ring (bicyclic) bond motifs is 1. The molecule has 9 heteroatoms. The Morgan fingerprint density at radius 2 is 2.05 bits per heavy atom. The van der Waals surface area contributed by atoms with Gasteiger partial charge in [0.25, 0.3) is 5.91 Å². The second-order valence-electron chi connectivity index (χ2n) is 4.75. The Morgan fingerprint density at radius 1 is 1.35 bits per heavy atom. The second-order valence-corrected chi connectivity index (χ2v) is 4.75. The highest BCUT2D eigenvalue weighted by Gasteiger charge is 2.48. The topological polar surface area (TPSA) is 116 Å². The number of rotatable bonds is 4. The summed E-state index contributed by atoms with van der Waals surface area (Å²) in [6.45, 7) is 0.565. The van der Waals surface area contributed by atoms with Crippen LogP contribution in [0.25, 0.3) is 0 Å². The van der Waals surface area contributed by atoms with Crippen LogP contribution < -0.4 is 11.1 Å². The van der Waals surface area contributed by atoms with Crippen molar-refractivity contribution < 1.29 is 19.2 Å². The average molecular weight is 283 g/mol. The van der Waals surface area contributed by atoms with Crippen LogP contribution in [0.4, 0.5) is 4.79 Å². The predicted molar refractivity (Wildman–Crippen MR) is 67.3 cm³/mol. The van der Waals surface area contributed by atoms with Crippen LogP contribution in [0.1, 0.15) is 0 Å². The molecule has 3 N–H and O–H groups in total. The van der Waals surface area contributed by atoms with Crippen LogP contribution in [-0.2, 0) is 14.4 Å². The number of carbonyl (C=O) groups is 4. The summed E-state index contributed by atoms with van der Waals surface area (Å²) in [4.78, 5) is 50.6. The van der Waals surface area contributed by atoms with E-state index < -0.39 is 30.4 Å². The zero-order chi connectivity index (χ0) is 14.9. The fourth-order valence-corrected chi connectivity index (χ4v) is 2.44. The van der Waals surface area contributed by atoms with E-state index in [1.807, 2.05) is 0 Å². The molecule has 0 spiro atoms. The zero-order valence-electron chi connectivity index (χ0n) is 11.2. The summed E-state index contributed by atoms with van der Waals surface area (Å²) in [5.41, 5.74) is 5.02. The van der Waals surface area contributed by atoms with E-state index in [0.717, 1.165) is 4.90 Å². The minimum atomic E-state index is -0.741. The summed E-state index contributed by atoms with van der Waals surface area (Å²) in [6.07, 6.45) is 0. The van der Waals surface area contributed by atoms with Gasteiger partial charge in [-0.05, 0) is 7.05 Å². The fourth-order valence-electron chi connectivity index (χ4n) is 2.44. The van der Waals surface area contributed by atoms with Crippen molar-refractivity contribution in [1.29, 1.82) is 0 Å². The van der Waals surface area contributed by atoms with Crippen LogP contribution in [0, 0.1) is 0 Å². The molecule has 5 amide bonds. The standard InChI is InChI=1S/C11H17N5O4/c1-13-4-9(18)14-2-3-15-7(5-14)10(19)16(11(15)20)6-8(12)17/h7,13H,2-6H2,1H3,(H2,12,17). The second kappa shape index (κ2) is 5.45. The molecule has 1 atom stereocenters. The van der Waals surface area contributed by atoms with Gasteiger partial charge in [0, 0.05) is 13.1 Å². The molecule has 0 bridgehead atoms. The Kier molecular flexibility index (Phi) is 3.89. The number of nitrogens with zero attached hydrogens (tertiary/aromatic N) is 3. The summed E-state index contributed by atoms with van der Waals surface area (Å²) >= 11 is 0. The number of likely N-dealkylation sites (N-methyl/N-ethyl adjacent to an activating group) is 1. The van der Waals surface area contributed by atoms with Crippen molar-refractivity contribution >= 4 is 23.8 Å². The first-order valence-electron chi connectivity index (χ1n) is 6.28. The third-order valence-corrected chi connectivity index (χ3v) is 3.40. The van der Waals surface area contributed by atoms with E-state index in [9.17, 15) is 19.2 Å². The number of primary amides is 1. The molecule has 20 heavy (non-hydrogen) atoms. The van der Waals surface area contributed by atoms with E-state index in [0.29, 0.717) is 6.54 Å². The van der Waals surface area contributed by atoms with Crippen molar-refractivity contribution in [1.82, 2.24) is 20.0 Å². The molecular weight excluding hydrogens is 266 g/mol. The van der Waals surface area contributed by atoms with Crippen LogP contribution in [0.2, 0.25) is 0 Å². The number of nitrogens with one attached hydrogen (secondary N) is 1. The molecule has 2 fully saturated rings. The van der Waals surface area contributed by atoms with Gasteiger partial charge in [-0.3, -0.25) is 19.3 Å². The van der Waals surface area contributed by atoms with Gasteiger partial charge >= 0.3 is 6.03 Å². The molecule has 2 saturated heterocycles. The highest BCUT2D eigenvalue weighted by atomic mass is 16.2. The lowest BCUT2D eigenvalue weighted by Gasteiger charge is -2.35. The largest absolute Gasteiger partial charge is 0.368 e. The molecule has 0 aromatic rings. The van der Waals surface area contributed by atoms with Crippen molar-refractivity contribution in [3.8, 4) is 0 Å². The lowest BCUT2D eigenvalue weighted by Crippen LogP contribution is -2.55. The minimum absolute atomic E-state index is 0.124. The number of hydrogen-bond acceptors (Lipinski definition) is 5. The summed E-state index contributed by atoms with van der Waals surface area (Å²) < 4.78 is 0. The number of imide groups is 1. The normalized spacial score (nSPS) is 22.2. The van der Waals surface area contributed by atoms with Gasteiger partial charge in [-0.15, -0.1) is 0 Å². The van der Waals surface area contributed by atoms with E-state index in [2.05, 4.69) is 5.32 Å². The molecule has 0 radical (unpaired) electrons. The van der Waals surface area contributed by atoms with Gasteiger partial charge < -0.3 is 20.9 Å². The van der Waals surface area contributed by atoms with Gasteiger partial charge in [-0.2, -0.15) is 0 Å². The van der Waals surface area contributed by atoms with Gasteiger partial charge in [0.05, 0.1) is 13.1 Å². The molecule has 0 saturated carbocycles. The number of urea groups is 1. The number of nitrogens with two attached hydrogens (primary N) is 1. The molecule has 0 aromatic heterocycles. The van der Waals surface area contributed by atoms with Crippen molar-refractivity contribution in [2.24, 2.45) is 5.73 Å². The van der Waals surface area contributed by atoms with Crippen molar-refractivity contribution in [3.63, 3.8) is 0 Å². The van der Waals surface area contributed by atoms with E-state index in [1.165, 1.54) is 9.80 Å². The van der Waals surface area contributed by atoms with Crippen LogP contribution in [0.5, 0.6) is 0 Å². The van der Waals surface area contributed by atoms with Crippen LogP contribution in [0.3, 0.4) is 0 Å². The maximum Gasteiger partial charge on any atom is 0.328 e. The van der Waals surface area contributed by atoms with E-state index in [1.54, 1.807) is 7.05 Å². The van der Waals surface area contributed by atoms with Crippen LogP contribution in [0.15, 0.2) is 0 Å². The van der Waals surface area contributed by atoms with Crippen molar-refractivity contribution in [3.05, 3.63) is 0 Å². The highest BCUT2D eigenvalue weighted by Crippen LogP contribution is 2.21. The molecule has 110 valence electrons. The Bertz CT molecular complexity index is 466. The maximum absolute atomic E-state index is 12.1. The Labute approximate surface area is 115 Å². The van der Waals surface area contributed by atoms with Gasteiger partial charge in [0.1, 0.15) is 12.6 Å². The first-order valence-corrected chi connectivity index (χ1v) is 6.28. The SMILES string of the molecule is CNCC(=O)N1CCN2C(=O)N(CC(N)=O)C(=O)C2C1. The lowest BCUT2D eigenvalue weighted by atomic mass is 10.2. The molecule has 2 aliphatic rings. The first-order chi connectivity index (χ1) is 9.45. The average Bonchev–Trinajstić information content (AvgIpc) is 2.63. The Hall–Kier alpha value is -2.16. The molecule has 1 unspecified atom stereocenters. The number of hydrogen-bond donors (Lipinski definition) is 2. The third-order valence-electron chi connectivity index (χ3n) is 3.40. The molecule has 2 heterocycles. The smallest absolute Gasteiger partial charge is 0.328 e. The molecule has 9 nitrogen and oxygen atoms in total. The quantitative estimate of drug-likeness (QED) is 0.539. The Balaban J connectivity index is 2.09.